The molecule has 0 amide bonds. The topological polar surface area (TPSA) is 50.8 Å². The van der Waals surface area contributed by atoms with Crippen molar-refractivity contribution in [2.45, 2.75) is 39.5 Å². The molecule has 4 nitrogen and oxygen atoms in total. The number of hydrogen-bond acceptors (Lipinski definition) is 2. The molecule has 1 aromatic carbocycles. The Morgan fingerprint density at radius 1 is 1.21 bits per heavy atom. The van der Waals surface area contributed by atoms with Crippen LogP contribution in [0.3, 0.4) is 0 Å². The predicted octanol–water partition coefficient (Wildman–Crippen LogP) is 4.14. The van der Waals surface area contributed by atoms with Crippen molar-refractivity contribution in [3.63, 3.8) is 0 Å². The molecule has 0 aliphatic rings. The van der Waals surface area contributed by atoms with Gasteiger partial charge in [-0.25, -0.2) is 4.99 Å². The second kappa shape index (κ2) is 10.6. The van der Waals surface area contributed by atoms with E-state index < -0.39 is 17.8 Å². The molecule has 0 radical (unpaired) electrons. The Kier molecular flexibility index (Phi) is 10.1. The highest BCUT2D eigenvalue weighted by molar-refractivity contribution is 14.0. The van der Waals surface area contributed by atoms with Crippen LogP contribution >= 0.6 is 24.0 Å². The van der Waals surface area contributed by atoms with Crippen LogP contribution in [0, 0.1) is 0 Å². The van der Waals surface area contributed by atoms with Crippen LogP contribution in [0.4, 0.5) is 13.2 Å². The second-order valence-electron chi connectivity index (χ2n) is 5.01. The van der Waals surface area contributed by atoms with Gasteiger partial charge in [0.2, 0.25) is 0 Å². The Labute approximate surface area is 158 Å². The molecule has 0 bridgehead atoms. The quantitative estimate of drug-likeness (QED) is 0.379. The smallest absolute Gasteiger partial charge is 0.419 e. The lowest BCUT2D eigenvalue weighted by Gasteiger charge is -2.22. The van der Waals surface area contributed by atoms with Crippen LogP contribution in [-0.4, -0.2) is 36.6 Å². The number of halogens is 4. The van der Waals surface area contributed by atoms with Crippen LogP contribution in [0.1, 0.15) is 32.8 Å². The van der Waals surface area contributed by atoms with Gasteiger partial charge in [-0.3, -0.25) is 0 Å². The Hall–Kier alpha value is -1.19. The van der Waals surface area contributed by atoms with Crippen molar-refractivity contribution >= 4 is 29.9 Å². The van der Waals surface area contributed by atoms with Gasteiger partial charge in [0, 0.05) is 13.1 Å². The molecule has 0 aromatic heterocycles. The molecule has 1 aromatic rings. The largest absolute Gasteiger partial charge is 0.488 e. The van der Waals surface area contributed by atoms with Gasteiger partial charge < -0.3 is 15.4 Å². The molecule has 2 N–H and O–H groups in total. The summed E-state index contributed by atoms with van der Waals surface area (Å²) in [4.78, 5) is 6.11. The van der Waals surface area contributed by atoms with Crippen molar-refractivity contribution in [3.8, 4) is 5.75 Å². The fourth-order valence-electron chi connectivity index (χ4n) is 2.08. The normalized spacial score (nSPS) is 13.2. The van der Waals surface area contributed by atoms with E-state index in [0.717, 1.165) is 19.2 Å². The second-order valence-corrected chi connectivity index (χ2v) is 5.01. The summed E-state index contributed by atoms with van der Waals surface area (Å²) in [6, 6.07) is 5.19. The lowest BCUT2D eigenvalue weighted by molar-refractivity contribution is -0.139. The van der Waals surface area contributed by atoms with Crippen LogP contribution in [0.5, 0.6) is 5.75 Å². The number of aliphatic imine (C=N–C) groups is 1. The highest BCUT2D eigenvalue weighted by atomic mass is 127. The summed E-state index contributed by atoms with van der Waals surface area (Å²) in [6.45, 7) is 7.41. The average molecular weight is 459 g/mol. The summed E-state index contributed by atoms with van der Waals surface area (Å²) in [6.07, 6.45) is -4.38. The average Bonchev–Trinajstić information content (AvgIpc) is 2.52. The Balaban J connectivity index is 0.00000529. The molecule has 0 aliphatic carbocycles. The SMILES string of the molecule is CCC(CN=C(N)N(CC)CC)Oc1ccccc1C(F)(F)F.I. The van der Waals surface area contributed by atoms with Gasteiger partial charge in [0.15, 0.2) is 5.96 Å². The van der Waals surface area contributed by atoms with Crippen LogP contribution in [0.15, 0.2) is 29.3 Å². The number of ether oxygens (including phenoxy) is 1. The van der Waals surface area contributed by atoms with E-state index in [2.05, 4.69) is 4.99 Å². The molecule has 0 aliphatic heterocycles. The standard InChI is InChI=1S/C16H24F3N3O.HI/c1-4-12(11-21-15(20)22(5-2)6-3)23-14-10-8-7-9-13(14)16(17,18)19;/h7-10,12H,4-6,11H2,1-3H3,(H2,20,21);1H. The first kappa shape index (κ1) is 22.8. The minimum atomic E-state index is -4.45. The molecule has 0 fully saturated rings. The van der Waals surface area contributed by atoms with E-state index in [4.69, 9.17) is 10.5 Å². The van der Waals surface area contributed by atoms with E-state index in [0.29, 0.717) is 12.4 Å². The molecule has 24 heavy (non-hydrogen) atoms. The van der Waals surface area contributed by atoms with E-state index in [1.54, 1.807) is 0 Å². The zero-order valence-electron chi connectivity index (χ0n) is 14.1. The number of para-hydroxylation sites is 1. The van der Waals surface area contributed by atoms with E-state index in [1.165, 1.54) is 18.2 Å². The molecule has 0 saturated carbocycles. The molecule has 0 saturated heterocycles. The van der Waals surface area contributed by atoms with Crippen molar-refractivity contribution in [1.29, 1.82) is 0 Å². The van der Waals surface area contributed by atoms with Gasteiger partial charge in [0.25, 0.3) is 0 Å². The van der Waals surface area contributed by atoms with Gasteiger partial charge in [-0.05, 0) is 32.4 Å². The Morgan fingerprint density at radius 3 is 2.29 bits per heavy atom. The third-order valence-electron chi connectivity index (χ3n) is 3.49. The maximum atomic E-state index is 13.0. The summed E-state index contributed by atoms with van der Waals surface area (Å²) >= 11 is 0. The molecular weight excluding hydrogens is 434 g/mol. The fourth-order valence-corrected chi connectivity index (χ4v) is 2.08. The van der Waals surface area contributed by atoms with Crippen molar-refractivity contribution in [2.75, 3.05) is 19.6 Å². The molecule has 8 heteroatoms. The maximum absolute atomic E-state index is 13.0. The summed E-state index contributed by atoms with van der Waals surface area (Å²) in [5.74, 6) is 0.199. The molecular formula is C16H25F3IN3O. The van der Waals surface area contributed by atoms with E-state index in [9.17, 15) is 13.2 Å². The zero-order valence-corrected chi connectivity index (χ0v) is 16.5. The molecule has 1 rings (SSSR count). The van der Waals surface area contributed by atoms with Crippen molar-refractivity contribution in [1.82, 2.24) is 4.90 Å². The maximum Gasteiger partial charge on any atom is 0.419 e. The number of nitrogens with two attached hydrogens (primary N) is 1. The van der Waals surface area contributed by atoms with E-state index in [1.807, 2.05) is 25.7 Å². The number of nitrogens with zero attached hydrogens (tertiary/aromatic N) is 2. The lowest BCUT2D eigenvalue weighted by Crippen LogP contribution is -2.38. The van der Waals surface area contributed by atoms with Crippen molar-refractivity contribution in [2.24, 2.45) is 10.7 Å². The van der Waals surface area contributed by atoms with Crippen LogP contribution in [0.25, 0.3) is 0 Å². The Bertz CT molecular complexity index is 520. The highest BCUT2D eigenvalue weighted by Crippen LogP contribution is 2.36. The summed E-state index contributed by atoms with van der Waals surface area (Å²) in [5.41, 5.74) is 5.10. The first-order valence-electron chi connectivity index (χ1n) is 7.71. The van der Waals surface area contributed by atoms with Crippen LogP contribution in [0.2, 0.25) is 0 Å². The van der Waals surface area contributed by atoms with Gasteiger partial charge in [0.1, 0.15) is 11.9 Å². The van der Waals surface area contributed by atoms with Gasteiger partial charge in [-0.2, -0.15) is 13.2 Å². The van der Waals surface area contributed by atoms with Gasteiger partial charge >= 0.3 is 6.18 Å². The third-order valence-corrected chi connectivity index (χ3v) is 3.49. The van der Waals surface area contributed by atoms with Gasteiger partial charge in [-0.15, -0.1) is 24.0 Å². The van der Waals surface area contributed by atoms with Crippen LogP contribution < -0.4 is 10.5 Å². The van der Waals surface area contributed by atoms with Crippen molar-refractivity contribution in [3.05, 3.63) is 29.8 Å². The number of alkyl halides is 3. The van der Waals surface area contributed by atoms with Crippen LogP contribution in [-0.2, 0) is 6.18 Å². The molecule has 1 atom stereocenters. The minimum Gasteiger partial charge on any atom is -0.488 e. The first-order valence-corrected chi connectivity index (χ1v) is 7.71. The number of benzene rings is 1. The summed E-state index contributed by atoms with van der Waals surface area (Å²) in [7, 11) is 0. The lowest BCUT2D eigenvalue weighted by atomic mass is 10.2. The minimum absolute atomic E-state index is 0. The number of rotatable bonds is 7. The summed E-state index contributed by atoms with van der Waals surface area (Å²) in [5, 5.41) is 0. The van der Waals surface area contributed by atoms with E-state index >= 15 is 0 Å². The number of guanidine groups is 1. The number of hydrogen-bond donors (Lipinski definition) is 1. The molecule has 0 spiro atoms. The molecule has 138 valence electrons. The monoisotopic (exact) mass is 459 g/mol. The first-order chi connectivity index (χ1) is 10.8. The zero-order chi connectivity index (χ0) is 17.5. The fraction of sp³-hybridized carbons (Fsp3) is 0.562. The van der Waals surface area contributed by atoms with E-state index in [-0.39, 0.29) is 36.3 Å². The Morgan fingerprint density at radius 2 is 1.79 bits per heavy atom. The van der Waals surface area contributed by atoms with Gasteiger partial charge in [-0.1, -0.05) is 19.1 Å². The third kappa shape index (κ3) is 6.74. The highest BCUT2D eigenvalue weighted by Gasteiger charge is 2.34. The summed E-state index contributed by atoms with van der Waals surface area (Å²) < 4.78 is 44.5. The molecule has 0 heterocycles. The molecule has 1 unspecified atom stereocenters. The predicted molar refractivity (Wildman–Crippen MR) is 101 cm³/mol. The van der Waals surface area contributed by atoms with Gasteiger partial charge in [0.05, 0.1) is 12.1 Å². The van der Waals surface area contributed by atoms with Crippen molar-refractivity contribution < 1.29 is 17.9 Å².